The van der Waals surface area contributed by atoms with Crippen LogP contribution in [0.4, 0.5) is 0 Å². The molecule has 8 heteroatoms. The van der Waals surface area contributed by atoms with E-state index in [0.29, 0.717) is 0 Å². The molecular formula is C5H7N3O4S. The van der Waals surface area contributed by atoms with E-state index in [4.69, 9.17) is 5.11 Å². The van der Waals surface area contributed by atoms with E-state index in [1.807, 2.05) is 0 Å². The van der Waals surface area contributed by atoms with Gasteiger partial charge in [-0.3, -0.25) is 0 Å². The molecule has 0 aromatic carbocycles. The van der Waals surface area contributed by atoms with E-state index >= 15 is 0 Å². The Morgan fingerprint density at radius 2 is 2.15 bits per heavy atom. The summed E-state index contributed by atoms with van der Waals surface area (Å²) in [7, 11) is -3.29. The summed E-state index contributed by atoms with van der Waals surface area (Å²) in [6.07, 6.45) is 0.993. The van der Waals surface area contributed by atoms with Gasteiger partial charge < -0.3 is 5.11 Å². The maximum Gasteiger partial charge on any atom is 0.358 e. The summed E-state index contributed by atoms with van der Waals surface area (Å²) in [6, 6.07) is 0. The van der Waals surface area contributed by atoms with E-state index in [9.17, 15) is 13.2 Å². The zero-order valence-electron chi connectivity index (χ0n) is 6.68. The van der Waals surface area contributed by atoms with Gasteiger partial charge >= 0.3 is 5.97 Å². The molecule has 0 saturated carbocycles. The Labute approximate surface area is 73.7 Å². The zero-order valence-corrected chi connectivity index (χ0v) is 7.50. The number of carbonyl (C=O) groups is 1. The van der Waals surface area contributed by atoms with Crippen LogP contribution in [-0.2, 0) is 15.6 Å². The van der Waals surface area contributed by atoms with Gasteiger partial charge in [-0.15, -0.1) is 5.10 Å². The van der Waals surface area contributed by atoms with E-state index in [-0.39, 0.29) is 11.4 Å². The fourth-order valence-electron chi connectivity index (χ4n) is 0.773. The molecule has 0 bridgehead atoms. The molecule has 1 heterocycles. The quantitative estimate of drug-likeness (QED) is 0.657. The van der Waals surface area contributed by atoms with Gasteiger partial charge in [-0.05, 0) is 0 Å². The molecule has 1 aromatic heterocycles. The summed E-state index contributed by atoms with van der Waals surface area (Å²) in [5.41, 5.74) is -0.430. The molecule has 1 aromatic rings. The van der Waals surface area contributed by atoms with Crippen molar-refractivity contribution in [2.24, 2.45) is 0 Å². The average molecular weight is 205 g/mol. The topological polar surface area (TPSA) is 113 Å². The Morgan fingerprint density at radius 3 is 2.62 bits per heavy atom. The third-order valence-electron chi connectivity index (χ3n) is 1.22. The van der Waals surface area contributed by atoms with Crippen molar-refractivity contribution in [2.45, 2.75) is 5.75 Å². The number of hydrogen-bond acceptors (Lipinski definition) is 5. The van der Waals surface area contributed by atoms with Crippen LogP contribution >= 0.6 is 0 Å². The van der Waals surface area contributed by atoms with Crippen molar-refractivity contribution in [3.63, 3.8) is 0 Å². The predicted molar refractivity (Wildman–Crippen MR) is 41.9 cm³/mol. The molecule has 13 heavy (non-hydrogen) atoms. The molecule has 0 aliphatic rings. The predicted octanol–water partition coefficient (Wildman–Crippen LogP) is -0.952. The number of H-pyrrole nitrogens is 1. The van der Waals surface area contributed by atoms with Gasteiger partial charge in [-0.1, -0.05) is 0 Å². The highest BCUT2D eigenvalue weighted by Crippen LogP contribution is 2.05. The molecule has 0 spiro atoms. The molecule has 2 N–H and O–H groups in total. The first-order valence-electron chi connectivity index (χ1n) is 3.21. The van der Waals surface area contributed by atoms with Crippen molar-refractivity contribution < 1.29 is 18.3 Å². The van der Waals surface area contributed by atoms with E-state index in [1.165, 1.54) is 0 Å². The molecule has 0 aliphatic heterocycles. The lowest BCUT2D eigenvalue weighted by molar-refractivity contribution is 0.0689. The van der Waals surface area contributed by atoms with Gasteiger partial charge in [0.1, 0.15) is 5.69 Å². The van der Waals surface area contributed by atoms with Crippen molar-refractivity contribution >= 4 is 15.8 Å². The number of aromatic nitrogens is 3. The Kier molecular flexibility index (Phi) is 2.32. The van der Waals surface area contributed by atoms with Gasteiger partial charge in [0.05, 0.1) is 5.75 Å². The smallest absolute Gasteiger partial charge is 0.358 e. The minimum absolute atomic E-state index is 0.0741. The Hall–Kier alpha value is -1.44. The number of nitrogens with zero attached hydrogens (tertiary/aromatic N) is 2. The first-order valence-corrected chi connectivity index (χ1v) is 5.27. The van der Waals surface area contributed by atoms with Gasteiger partial charge in [0.25, 0.3) is 0 Å². The number of aromatic carboxylic acids is 1. The molecule has 0 atom stereocenters. The van der Waals surface area contributed by atoms with Crippen LogP contribution in [0.25, 0.3) is 0 Å². The lowest BCUT2D eigenvalue weighted by Gasteiger charge is -1.93. The average Bonchev–Trinajstić information content (AvgIpc) is 2.31. The Balaban J connectivity index is 3.02. The summed E-state index contributed by atoms with van der Waals surface area (Å²) in [4.78, 5) is 10.5. The molecule has 0 saturated heterocycles. The number of aromatic amines is 1. The highest BCUT2D eigenvalue weighted by molar-refractivity contribution is 7.89. The molecule has 0 fully saturated rings. The van der Waals surface area contributed by atoms with Crippen LogP contribution < -0.4 is 0 Å². The fourth-order valence-corrected chi connectivity index (χ4v) is 1.47. The van der Waals surface area contributed by atoms with E-state index in [0.717, 1.165) is 6.26 Å². The van der Waals surface area contributed by atoms with Gasteiger partial charge in [-0.2, -0.15) is 10.3 Å². The highest BCUT2D eigenvalue weighted by atomic mass is 32.2. The Morgan fingerprint density at radius 1 is 1.54 bits per heavy atom. The van der Waals surface area contributed by atoms with Crippen molar-refractivity contribution in [3.8, 4) is 0 Å². The van der Waals surface area contributed by atoms with Gasteiger partial charge in [-0.25, -0.2) is 13.2 Å². The number of sulfone groups is 1. The first-order chi connectivity index (χ1) is 5.90. The van der Waals surface area contributed by atoms with Gasteiger partial charge in [0.2, 0.25) is 0 Å². The maximum absolute atomic E-state index is 10.8. The van der Waals surface area contributed by atoms with Crippen molar-refractivity contribution in [2.75, 3.05) is 6.26 Å². The summed E-state index contributed by atoms with van der Waals surface area (Å²) >= 11 is 0. The molecule has 72 valence electrons. The van der Waals surface area contributed by atoms with Crippen molar-refractivity contribution in [3.05, 3.63) is 11.4 Å². The van der Waals surface area contributed by atoms with Crippen LogP contribution in [0, 0.1) is 0 Å². The number of hydrogen-bond donors (Lipinski definition) is 2. The van der Waals surface area contributed by atoms with Crippen molar-refractivity contribution in [1.29, 1.82) is 0 Å². The van der Waals surface area contributed by atoms with Crippen LogP contribution in [-0.4, -0.2) is 41.2 Å². The molecule has 7 nitrogen and oxygen atoms in total. The monoisotopic (exact) mass is 205 g/mol. The van der Waals surface area contributed by atoms with Crippen LogP contribution in [0.2, 0.25) is 0 Å². The second-order valence-electron chi connectivity index (χ2n) is 2.49. The van der Waals surface area contributed by atoms with Crippen LogP contribution in [0.15, 0.2) is 0 Å². The van der Waals surface area contributed by atoms with E-state index in [2.05, 4.69) is 15.4 Å². The Bertz CT molecular complexity index is 421. The molecular weight excluding hydrogens is 198 g/mol. The minimum Gasteiger partial charge on any atom is -0.476 e. The summed E-state index contributed by atoms with van der Waals surface area (Å²) in [5, 5.41) is 17.3. The van der Waals surface area contributed by atoms with Gasteiger partial charge in [0.15, 0.2) is 15.5 Å². The second kappa shape index (κ2) is 3.13. The first kappa shape index (κ1) is 9.65. The largest absolute Gasteiger partial charge is 0.476 e. The number of rotatable bonds is 3. The molecule has 0 radical (unpaired) electrons. The van der Waals surface area contributed by atoms with Crippen molar-refractivity contribution in [1.82, 2.24) is 15.4 Å². The zero-order chi connectivity index (χ0) is 10.1. The lowest BCUT2D eigenvalue weighted by atomic mass is 10.3. The molecule has 0 amide bonds. The second-order valence-corrected chi connectivity index (χ2v) is 4.63. The fraction of sp³-hybridized carbons (Fsp3) is 0.400. The maximum atomic E-state index is 10.8. The van der Waals surface area contributed by atoms with Crippen LogP contribution in [0.3, 0.4) is 0 Å². The third kappa shape index (κ3) is 2.51. The third-order valence-corrected chi connectivity index (χ3v) is 2.02. The molecule has 1 rings (SSSR count). The SMILES string of the molecule is CS(=O)(=O)Cc1n[nH]nc1C(=O)O. The number of carboxylic acid groups (broad SMARTS) is 1. The summed E-state index contributed by atoms with van der Waals surface area (Å²) in [6.45, 7) is 0. The standard InChI is InChI=1S/C5H7N3O4S/c1-13(11,12)2-3-4(5(9)10)7-8-6-3/h2H2,1H3,(H,9,10)(H,6,7,8). The van der Waals surface area contributed by atoms with Gasteiger partial charge in [0, 0.05) is 6.26 Å². The molecule has 0 unspecified atom stereocenters. The van der Waals surface area contributed by atoms with Crippen LogP contribution in [0.5, 0.6) is 0 Å². The number of carboxylic acids is 1. The summed E-state index contributed by atoms with van der Waals surface area (Å²) in [5.74, 6) is -1.72. The lowest BCUT2D eigenvalue weighted by Crippen LogP contribution is -2.07. The normalized spacial score (nSPS) is 11.5. The van der Waals surface area contributed by atoms with Crippen LogP contribution in [0.1, 0.15) is 16.2 Å². The van der Waals surface area contributed by atoms with E-state index in [1.54, 1.807) is 0 Å². The minimum atomic E-state index is -3.29. The summed E-state index contributed by atoms with van der Waals surface area (Å²) < 4.78 is 21.6. The highest BCUT2D eigenvalue weighted by Gasteiger charge is 2.18. The number of nitrogens with one attached hydrogen (secondary N) is 1. The van der Waals surface area contributed by atoms with E-state index < -0.39 is 21.6 Å². The molecule has 0 aliphatic carbocycles.